The summed E-state index contributed by atoms with van der Waals surface area (Å²) in [6, 6.07) is 8.75. The van der Waals surface area contributed by atoms with Crippen molar-refractivity contribution >= 4 is 15.9 Å². The first-order valence-electron chi connectivity index (χ1n) is 5.50. The highest BCUT2D eigenvalue weighted by molar-refractivity contribution is 9.10. The van der Waals surface area contributed by atoms with Crippen molar-refractivity contribution in [3.8, 4) is 0 Å². The van der Waals surface area contributed by atoms with Gasteiger partial charge >= 0.3 is 0 Å². The van der Waals surface area contributed by atoms with E-state index in [1.807, 2.05) is 12.1 Å². The molecule has 1 atom stereocenters. The summed E-state index contributed by atoms with van der Waals surface area (Å²) in [5.74, 6) is 5.30. The van der Waals surface area contributed by atoms with E-state index < -0.39 is 0 Å². The first-order valence-corrected chi connectivity index (χ1v) is 6.30. The summed E-state index contributed by atoms with van der Waals surface area (Å²) in [6.07, 6.45) is 4.12. The maximum absolute atomic E-state index is 13.1. The number of hydrazine groups is 1. The predicted molar refractivity (Wildman–Crippen MR) is 72.1 cm³/mol. The van der Waals surface area contributed by atoms with Crippen molar-refractivity contribution in [1.82, 2.24) is 10.4 Å². The summed E-state index contributed by atoms with van der Waals surface area (Å²) in [7, 11) is 0. The van der Waals surface area contributed by atoms with E-state index in [4.69, 9.17) is 5.84 Å². The lowest BCUT2D eigenvalue weighted by Crippen LogP contribution is -2.29. The van der Waals surface area contributed by atoms with Crippen molar-refractivity contribution < 1.29 is 4.39 Å². The SMILES string of the molecule is NNC(Cc1ccc(F)c(Br)c1)c1ccncc1. The molecule has 5 heteroatoms. The third-order valence-electron chi connectivity index (χ3n) is 2.73. The molecule has 0 aliphatic carbocycles. The molecule has 3 N–H and O–H groups in total. The van der Waals surface area contributed by atoms with Gasteiger partial charge in [-0.25, -0.2) is 4.39 Å². The van der Waals surface area contributed by atoms with Crippen LogP contribution in [-0.4, -0.2) is 4.98 Å². The van der Waals surface area contributed by atoms with E-state index in [2.05, 4.69) is 26.3 Å². The Labute approximate surface area is 113 Å². The average Bonchev–Trinajstić information content (AvgIpc) is 2.41. The maximum atomic E-state index is 13.1. The molecular weight excluding hydrogens is 297 g/mol. The summed E-state index contributed by atoms with van der Waals surface area (Å²) < 4.78 is 13.6. The first kappa shape index (κ1) is 13.1. The fraction of sp³-hybridized carbons (Fsp3) is 0.154. The highest BCUT2D eigenvalue weighted by Gasteiger charge is 2.11. The van der Waals surface area contributed by atoms with Gasteiger partial charge < -0.3 is 0 Å². The van der Waals surface area contributed by atoms with Gasteiger partial charge in [0.1, 0.15) is 5.82 Å². The highest BCUT2D eigenvalue weighted by atomic mass is 79.9. The molecule has 0 saturated heterocycles. The van der Waals surface area contributed by atoms with E-state index in [0.717, 1.165) is 11.1 Å². The normalized spacial score (nSPS) is 12.4. The minimum Gasteiger partial charge on any atom is -0.271 e. The number of rotatable bonds is 4. The van der Waals surface area contributed by atoms with Gasteiger partial charge in [-0.2, -0.15) is 0 Å². The Kier molecular flexibility index (Phi) is 4.41. The van der Waals surface area contributed by atoms with Crippen LogP contribution < -0.4 is 11.3 Å². The third kappa shape index (κ3) is 3.13. The van der Waals surface area contributed by atoms with Gasteiger partial charge in [0, 0.05) is 12.4 Å². The van der Waals surface area contributed by atoms with Crippen molar-refractivity contribution in [1.29, 1.82) is 0 Å². The summed E-state index contributed by atoms with van der Waals surface area (Å²) in [4.78, 5) is 3.97. The molecule has 1 heterocycles. The van der Waals surface area contributed by atoms with Gasteiger partial charge in [-0.3, -0.25) is 16.3 Å². The Hall–Kier alpha value is -1.30. The van der Waals surface area contributed by atoms with Gasteiger partial charge in [-0.15, -0.1) is 0 Å². The molecule has 0 fully saturated rings. The maximum Gasteiger partial charge on any atom is 0.137 e. The fourth-order valence-electron chi connectivity index (χ4n) is 1.77. The number of nitrogens with one attached hydrogen (secondary N) is 1. The fourth-order valence-corrected chi connectivity index (χ4v) is 2.20. The van der Waals surface area contributed by atoms with Crippen LogP contribution in [0.15, 0.2) is 47.2 Å². The van der Waals surface area contributed by atoms with Crippen LogP contribution in [-0.2, 0) is 6.42 Å². The molecule has 0 aliphatic rings. The largest absolute Gasteiger partial charge is 0.271 e. The molecule has 94 valence electrons. The van der Waals surface area contributed by atoms with Gasteiger partial charge in [0.15, 0.2) is 0 Å². The topological polar surface area (TPSA) is 50.9 Å². The minimum absolute atomic E-state index is 0.0228. The van der Waals surface area contributed by atoms with Crippen LogP contribution in [0.4, 0.5) is 4.39 Å². The molecule has 0 radical (unpaired) electrons. The van der Waals surface area contributed by atoms with E-state index in [0.29, 0.717) is 10.9 Å². The molecule has 2 rings (SSSR count). The van der Waals surface area contributed by atoms with Gasteiger partial charge in [0.05, 0.1) is 10.5 Å². The number of nitrogens with zero attached hydrogens (tertiary/aromatic N) is 1. The Morgan fingerprint density at radius 2 is 2.00 bits per heavy atom. The van der Waals surface area contributed by atoms with Gasteiger partial charge in [-0.1, -0.05) is 6.07 Å². The second-order valence-corrected chi connectivity index (χ2v) is 4.81. The number of hydrogen-bond donors (Lipinski definition) is 2. The highest BCUT2D eigenvalue weighted by Crippen LogP contribution is 2.21. The molecule has 3 nitrogen and oxygen atoms in total. The second-order valence-electron chi connectivity index (χ2n) is 3.95. The molecule has 1 unspecified atom stereocenters. The van der Waals surface area contributed by atoms with Crippen LogP contribution in [0.1, 0.15) is 17.2 Å². The van der Waals surface area contributed by atoms with E-state index in [-0.39, 0.29) is 11.9 Å². The molecular formula is C13H13BrFN3. The van der Waals surface area contributed by atoms with Crippen LogP contribution >= 0.6 is 15.9 Å². The second kappa shape index (κ2) is 6.04. The third-order valence-corrected chi connectivity index (χ3v) is 3.34. The first-order chi connectivity index (χ1) is 8.70. The van der Waals surface area contributed by atoms with Gasteiger partial charge in [0.25, 0.3) is 0 Å². The van der Waals surface area contributed by atoms with Crippen molar-refractivity contribution in [3.05, 3.63) is 64.1 Å². The minimum atomic E-state index is -0.264. The zero-order chi connectivity index (χ0) is 13.0. The summed E-state index contributed by atoms with van der Waals surface area (Å²) in [5.41, 5.74) is 4.82. The molecule has 1 aromatic carbocycles. The van der Waals surface area contributed by atoms with Crippen molar-refractivity contribution in [2.75, 3.05) is 0 Å². The van der Waals surface area contributed by atoms with Crippen LogP contribution in [0, 0.1) is 5.82 Å². The van der Waals surface area contributed by atoms with Gasteiger partial charge in [-0.05, 0) is 57.7 Å². The summed E-state index contributed by atoms with van der Waals surface area (Å²) >= 11 is 3.18. The van der Waals surface area contributed by atoms with E-state index in [1.54, 1.807) is 24.5 Å². The number of benzene rings is 1. The number of pyridine rings is 1. The van der Waals surface area contributed by atoms with E-state index in [9.17, 15) is 4.39 Å². The van der Waals surface area contributed by atoms with Crippen molar-refractivity contribution in [2.45, 2.75) is 12.5 Å². The van der Waals surface area contributed by atoms with Crippen molar-refractivity contribution in [3.63, 3.8) is 0 Å². The molecule has 2 aromatic rings. The molecule has 0 bridgehead atoms. The van der Waals surface area contributed by atoms with E-state index >= 15 is 0 Å². The van der Waals surface area contributed by atoms with E-state index in [1.165, 1.54) is 6.07 Å². The van der Waals surface area contributed by atoms with Crippen LogP contribution in [0.2, 0.25) is 0 Å². The molecule has 18 heavy (non-hydrogen) atoms. The molecule has 0 amide bonds. The average molecular weight is 310 g/mol. The predicted octanol–water partition coefficient (Wildman–Crippen LogP) is 2.73. The monoisotopic (exact) mass is 309 g/mol. The lowest BCUT2D eigenvalue weighted by Gasteiger charge is -2.16. The lowest BCUT2D eigenvalue weighted by atomic mass is 10.0. The number of halogens is 2. The summed E-state index contributed by atoms with van der Waals surface area (Å²) in [5, 5.41) is 0. The number of hydrogen-bond acceptors (Lipinski definition) is 3. The molecule has 0 aliphatic heterocycles. The Morgan fingerprint density at radius 1 is 1.28 bits per heavy atom. The zero-order valence-corrected chi connectivity index (χ0v) is 11.2. The zero-order valence-electron chi connectivity index (χ0n) is 9.61. The molecule has 0 saturated carbocycles. The quantitative estimate of drug-likeness (QED) is 0.674. The van der Waals surface area contributed by atoms with Crippen LogP contribution in [0.5, 0.6) is 0 Å². The van der Waals surface area contributed by atoms with Crippen LogP contribution in [0.3, 0.4) is 0 Å². The lowest BCUT2D eigenvalue weighted by molar-refractivity contribution is 0.550. The smallest absolute Gasteiger partial charge is 0.137 e. The number of aromatic nitrogens is 1. The summed E-state index contributed by atoms with van der Waals surface area (Å²) in [6.45, 7) is 0. The Morgan fingerprint density at radius 3 is 2.61 bits per heavy atom. The standard InChI is InChI=1S/C13H13BrFN3/c14-11-7-9(1-2-12(11)15)8-13(18-16)10-3-5-17-6-4-10/h1-7,13,18H,8,16H2. The Balaban J connectivity index is 2.18. The van der Waals surface area contributed by atoms with Crippen LogP contribution in [0.25, 0.3) is 0 Å². The van der Waals surface area contributed by atoms with Crippen molar-refractivity contribution in [2.24, 2.45) is 5.84 Å². The molecule has 0 spiro atoms. The number of nitrogens with two attached hydrogens (primary N) is 1. The van der Waals surface area contributed by atoms with Gasteiger partial charge in [0.2, 0.25) is 0 Å². The molecule has 1 aromatic heterocycles. The Bertz CT molecular complexity index is 519.